The lowest BCUT2D eigenvalue weighted by atomic mass is 10.1. The van der Waals surface area contributed by atoms with Crippen molar-refractivity contribution in [1.29, 1.82) is 0 Å². The maximum atomic E-state index is 11.9. The van der Waals surface area contributed by atoms with Crippen molar-refractivity contribution in [3.05, 3.63) is 52.3 Å². The van der Waals surface area contributed by atoms with Gasteiger partial charge in [-0.15, -0.1) is 0 Å². The molecule has 2 rings (SSSR count). The van der Waals surface area contributed by atoms with Crippen LogP contribution in [0.4, 0.5) is 0 Å². The van der Waals surface area contributed by atoms with Gasteiger partial charge in [0.05, 0.1) is 5.69 Å². The minimum atomic E-state index is -0.444. The Morgan fingerprint density at radius 1 is 1.32 bits per heavy atom. The van der Waals surface area contributed by atoms with Gasteiger partial charge in [-0.25, -0.2) is 4.68 Å². The van der Waals surface area contributed by atoms with E-state index in [2.05, 4.69) is 5.10 Å². The molecule has 19 heavy (non-hydrogen) atoms. The van der Waals surface area contributed by atoms with Crippen molar-refractivity contribution in [1.82, 2.24) is 9.78 Å². The van der Waals surface area contributed by atoms with Crippen LogP contribution >= 0.6 is 11.6 Å². The third-order valence-electron chi connectivity index (χ3n) is 2.80. The Hall–Kier alpha value is -1.94. The second-order valence-electron chi connectivity index (χ2n) is 4.20. The van der Waals surface area contributed by atoms with Gasteiger partial charge in [0.2, 0.25) is 5.24 Å². The first-order valence-electron chi connectivity index (χ1n) is 5.89. The monoisotopic (exact) mass is 276 g/mol. The van der Waals surface area contributed by atoms with E-state index in [4.69, 9.17) is 11.6 Å². The quantitative estimate of drug-likeness (QED) is 0.804. The van der Waals surface area contributed by atoms with Crippen LogP contribution in [0.1, 0.15) is 12.0 Å². The predicted molar refractivity (Wildman–Crippen MR) is 74.1 cm³/mol. The number of hydrogen-bond acceptors (Lipinski definition) is 3. The minimum Gasteiger partial charge on any atom is -0.281 e. The van der Waals surface area contributed by atoms with Gasteiger partial charge in [-0.1, -0.05) is 30.3 Å². The van der Waals surface area contributed by atoms with Crippen molar-refractivity contribution >= 4 is 16.8 Å². The molecule has 0 fully saturated rings. The molecule has 98 valence electrons. The zero-order valence-electron chi connectivity index (χ0n) is 10.5. The highest BCUT2D eigenvalue weighted by Crippen LogP contribution is 2.16. The van der Waals surface area contributed by atoms with E-state index < -0.39 is 5.24 Å². The number of carbonyl (C=O) groups excluding carboxylic acids is 1. The van der Waals surface area contributed by atoms with E-state index >= 15 is 0 Å². The molecule has 0 aliphatic heterocycles. The fourth-order valence-corrected chi connectivity index (χ4v) is 1.93. The molecule has 0 N–H and O–H groups in total. The Morgan fingerprint density at radius 3 is 2.63 bits per heavy atom. The summed E-state index contributed by atoms with van der Waals surface area (Å²) in [7, 11) is 1.60. The van der Waals surface area contributed by atoms with Crippen LogP contribution in [0.25, 0.3) is 11.3 Å². The molecule has 5 heteroatoms. The van der Waals surface area contributed by atoms with Gasteiger partial charge in [-0.2, -0.15) is 5.10 Å². The van der Waals surface area contributed by atoms with Gasteiger partial charge in [0.1, 0.15) is 0 Å². The predicted octanol–water partition coefficient (Wildman–Crippen LogP) is 2.15. The topological polar surface area (TPSA) is 52.0 Å². The molecule has 1 aromatic carbocycles. The largest absolute Gasteiger partial charge is 0.281 e. The fourth-order valence-electron chi connectivity index (χ4n) is 1.83. The molecule has 0 radical (unpaired) electrons. The van der Waals surface area contributed by atoms with Gasteiger partial charge < -0.3 is 0 Å². The summed E-state index contributed by atoms with van der Waals surface area (Å²) >= 11 is 5.31. The van der Waals surface area contributed by atoms with E-state index in [1.165, 1.54) is 4.68 Å². The molecule has 0 saturated heterocycles. The normalized spacial score (nSPS) is 10.4. The van der Waals surface area contributed by atoms with Crippen molar-refractivity contribution in [2.75, 3.05) is 0 Å². The lowest BCUT2D eigenvalue weighted by Crippen LogP contribution is -2.24. The van der Waals surface area contributed by atoms with Crippen LogP contribution in [0.3, 0.4) is 0 Å². The van der Waals surface area contributed by atoms with E-state index in [9.17, 15) is 9.59 Å². The van der Waals surface area contributed by atoms with Crippen molar-refractivity contribution < 1.29 is 4.79 Å². The van der Waals surface area contributed by atoms with E-state index in [1.807, 2.05) is 30.3 Å². The Labute approximate surface area is 115 Å². The summed E-state index contributed by atoms with van der Waals surface area (Å²) in [6.07, 6.45) is 0.479. The average Bonchev–Trinajstić information content (AvgIpc) is 2.41. The number of rotatable bonds is 4. The first-order valence-corrected chi connectivity index (χ1v) is 6.26. The first-order chi connectivity index (χ1) is 9.08. The molecule has 0 amide bonds. The SMILES string of the molecule is Cn1nc(-c2ccccc2)cc(CCC(=O)Cl)c1=O. The van der Waals surface area contributed by atoms with Crippen LogP contribution in [0.5, 0.6) is 0 Å². The summed E-state index contributed by atoms with van der Waals surface area (Å²) in [6.45, 7) is 0. The van der Waals surface area contributed by atoms with Crippen LogP contribution in [0, 0.1) is 0 Å². The highest BCUT2D eigenvalue weighted by molar-refractivity contribution is 6.63. The lowest BCUT2D eigenvalue weighted by Gasteiger charge is -2.06. The third-order valence-corrected chi connectivity index (χ3v) is 2.99. The summed E-state index contributed by atoms with van der Waals surface area (Å²) in [5, 5.41) is 3.77. The Balaban J connectivity index is 2.42. The van der Waals surface area contributed by atoms with Crippen LogP contribution in [-0.2, 0) is 18.3 Å². The molecule has 0 unspecified atom stereocenters. The fraction of sp³-hybridized carbons (Fsp3) is 0.214. The van der Waals surface area contributed by atoms with E-state index in [0.29, 0.717) is 17.7 Å². The Kier molecular flexibility index (Phi) is 4.12. The van der Waals surface area contributed by atoms with Crippen LogP contribution in [0.15, 0.2) is 41.2 Å². The summed E-state index contributed by atoms with van der Waals surface area (Å²) in [4.78, 5) is 22.7. The summed E-state index contributed by atoms with van der Waals surface area (Å²) in [5.41, 5.74) is 1.99. The molecule has 0 bridgehead atoms. The van der Waals surface area contributed by atoms with Gasteiger partial charge in [-0.3, -0.25) is 9.59 Å². The zero-order chi connectivity index (χ0) is 13.8. The van der Waals surface area contributed by atoms with E-state index in [-0.39, 0.29) is 12.0 Å². The zero-order valence-corrected chi connectivity index (χ0v) is 11.2. The number of hydrogen-bond donors (Lipinski definition) is 0. The number of aryl methyl sites for hydroxylation is 2. The van der Waals surface area contributed by atoms with Crippen molar-refractivity contribution in [3.8, 4) is 11.3 Å². The molecular weight excluding hydrogens is 264 g/mol. The molecule has 1 heterocycles. The maximum Gasteiger partial charge on any atom is 0.269 e. The van der Waals surface area contributed by atoms with Gasteiger partial charge in [0, 0.05) is 24.6 Å². The number of benzene rings is 1. The number of carbonyl (C=O) groups is 1. The van der Waals surface area contributed by atoms with Crippen molar-refractivity contribution in [2.45, 2.75) is 12.8 Å². The molecule has 0 aliphatic carbocycles. The summed E-state index contributed by atoms with van der Waals surface area (Å²) in [6, 6.07) is 11.3. The lowest BCUT2D eigenvalue weighted by molar-refractivity contribution is -0.111. The Morgan fingerprint density at radius 2 is 2.00 bits per heavy atom. The van der Waals surface area contributed by atoms with Gasteiger partial charge in [0.25, 0.3) is 5.56 Å². The van der Waals surface area contributed by atoms with Crippen molar-refractivity contribution in [2.24, 2.45) is 7.05 Å². The van der Waals surface area contributed by atoms with Crippen LogP contribution in [0.2, 0.25) is 0 Å². The molecule has 0 atom stereocenters. The second kappa shape index (κ2) is 5.80. The standard InChI is InChI=1S/C14H13ClN2O2/c1-17-14(19)11(7-8-13(15)18)9-12(16-17)10-5-3-2-4-6-10/h2-6,9H,7-8H2,1H3. The summed E-state index contributed by atoms with van der Waals surface area (Å²) in [5.74, 6) is 0. The molecule has 1 aromatic heterocycles. The van der Waals surface area contributed by atoms with Gasteiger partial charge >= 0.3 is 0 Å². The molecule has 4 nitrogen and oxygen atoms in total. The minimum absolute atomic E-state index is 0.148. The van der Waals surface area contributed by atoms with Gasteiger partial charge in [0.15, 0.2) is 0 Å². The maximum absolute atomic E-state index is 11.9. The first kappa shape index (κ1) is 13.5. The van der Waals surface area contributed by atoms with Crippen LogP contribution in [-0.4, -0.2) is 15.0 Å². The highest BCUT2D eigenvalue weighted by atomic mass is 35.5. The van der Waals surface area contributed by atoms with Crippen LogP contribution < -0.4 is 5.56 Å². The number of aromatic nitrogens is 2. The average molecular weight is 277 g/mol. The molecule has 2 aromatic rings. The smallest absolute Gasteiger partial charge is 0.269 e. The molecular formula is C14H13ClN2O2. The summed E-state index contributed by atoms with van der Waals surface area (Å²) < 4.78 is 1.29. The molecule has 0 aliphatic rings. The molecule has 0 saturated carbocycles. The van der Waals surface area contributed by atoms with Gasteiger partial charge in [-0.05, 0) is 24.1 Å². The molecule has 0 spiro atoms. The number of halogens is 1. The number of nitrogens with zero attached hydrogens (tertiary/aromatic N) is 2. The highest BCUT2D eigenvalue weighted by Gasteiger charge is 2.09. The second-order valence-corrected chi connectivity index (χ2v) is 4.63. The third kappa shape index (κ3) is 3.29. The van der Waals surface area contributed by atoms with Crippen molar-refractivity contribution in [3.63, 3.8) is 0 Å². The van der Waals surface area contributed by atoms with E-state index in [1.54, 1.807) is 13.1 Å². The van der Waals surface area contributed by atoms with E-state index in [0.717, 1.165) is 5.56 Å². The Bertz CT molecular complexity index is 650.